The third-order valence-corrected chi connectivity index (χ3v) is 7.06. The van der Waals surface area contributed by atoms with Gasteiger partial charge in [-0.25, -0.2) is 9.38 Å². The monoisotopic (exact) mass is 537 g/mol. The van der Waals surface area contributed by atoms with Crippen molar-refractivity contribution in [1.82, 2.24) is 4.90 Å². The molecule has 0 aliphatic carbocycles. The van der Waals surface area contributed by atoms with E-state index in [4.69, 9.17) is 19.2 Å². The number of thioether (sulfide) groups is 1. The van der Waals surface area contributed by atoms with Crippen LogP contribution in [0.15, 0.2) is 71.7 Å². The van der Waals surface area contributed by atoms with Gasteiger partial charge in [-0.05, 0) is 72.6 Å². The van der Waals surface area contributed by atoms with Crippen molar-refractivity contribution in [2.45, 2.75) is 18.1 Å². The maximum Gasteiger partial charge on any atom is 0.242 e. The van der Waals surface area contributed by atoms with Crippen molar-refractivity contribution in [3.05, 3.63) is 78.1 Å². The van der Waals surface area contributed by atoms with Gasteiger partial charge in [0.15, 0.2) is 16.7 Å². The summed E-state index contributed by atoms with van der Waals surface area (Å²) < 4.78 is 29.1. The van der Waals surface area contributed by atoms with Crippen LogP contribution in [-0.4, -0.2) is 55.0 Å². The van der Waals surface area contributed by atoms with Gasteiger partial charge >= 0.3 is 0 Å². The summed E-state index contributed by atoms with van der Waals surface area (Å²) in [4.78, 5) is 32.4. The van der Waals surface area contributed by atoms with Crippen LogP contribution < -0.4 is 19.5 Å². The number of rotatable bonds is 10. The number of ether oxygens (including phenoxy) is 3. The average Bonchev–Trinajstić information content (AvgIpc) is 3.21. The van der Waals surface area contributed by atoms with Gasteiger partial charge in [0.1, 0.15) is 16.8 Å². The minimum atomic E-state index is -0.641. The van der Waals surface area contributed by atoms with Crippen LogP contribution in [0.5, 0.6) is 17.2 Å². The summed E-state index contributed by atoms with van der Waals surface area (Å²) in [5.74, 6) is 0.997. The lowest BCUT2D eigenvalue weighted by molar-refractivity contribution is -0.128. The first-order chi connectivity index (χ1) is 18.4. The number of amides is 2. The van der Waals surface area contributed by atoms with Crippen molar-refractivity contribution in [2.24, 2.45) is 4.99 Å². The van der Waals surface area contributed by atoms with Gasteiger partial charge in [-0.1, -0.05) is 17.8 Å². The molecular weight excluding hydrogens is 509 g/mol. The van der Waals surface area contributed by atoms with Crippen molar-refractivity contribution >= 4 is 40.1 Å². The maximum atomic E-state index is 13.4. The third kappa shape index (κ3) is 6.63. The van der Waals surface area contributed by atoms with Crippen molar-refractivity contribution in [3.63, 3.8) is 0 Å². The van der Waals surface area contributed by atoms with Crippen LogP contribution in [0.25, 0.3) is 0 Å². The Bertz CT molecular complexity index is 1320. The van der Waals surface area contributed by atoms with E-state index < -0.39 is 11.1 Å². The Morgan fingerprint density at radius 2 is 1.68 bits per heavy atom. The van der Waals surface area contributed by atoms with Gasteiger partial charge in [-0.3, -0.25) is 14.5 Å². The Balaban J connectivity index is 1.52. The smallest absolute Gasteiger partial charge is 0.242 e. The number of hydrogen-bond acceptors (Lipinski definition) is 7. The maximum absolute atomic E-state index is 13.4. The number of carbonyl (C=O) groups excluding carboxylic acids is 2. The summed E-state index contributed by atoms with van der Waals surface area (Å²) in [5, 5.41) is 2.59. The Labute approximate surface area is 224 Å². The molecule has 8 nitrogen and oxygen atoms in total. The summed E-state index contributed by atoms with van der Waals surface area (Å²) in [6.45, 7) is 0.367. The molecule has 38 heavy (non-hydrogen) atoms. The van der Waals surface area contributed by atoms with Crippen LogP contribution in [0.2, 0.25) is 0 Å². The highest BCUT2D eigenvalue weighted by Gasteiger charge is 2.39. The minimum absolute atomic E-state index is 0.0463. The van der Waals surface area contributed by atoms with Crippen molar-refractivity contribution in [1.29, 1.82) is 0 Å². The van der Waals surface area contributed by atoms with Gasteiger partial charge in [0.2, 0.25) is 11.8 Å². The lowest BCUT2D eigenvalue weighted by Crippen LogP contribution is -2.35. The zero-order valence-corrected chi connectivity index (χ0v) is 22.1. The van der Waals surface area contributed by atoms with E-state index in [2.05, 4.69) is 5.32 Å². The average molecular weight is 538 g/mol. The summed E-state index contributed by atoms with van der Waals surface area (Å²) in [6, 6.07) is 18.3. The summed E-state index contributed by atoms with van der Waals surface area (Å²) >= 11 is 1.25. The summed E-state index contributed by atoms with van der Waals surface area (Å²) in [7, 11) is 4.74. The molecule has 10 heteroatoms. The molecule has 3 aromatic carbocycles. The molecular formula is C28H28FN3O5S. The number of hydrogen-bond donors (Lipinski definition) is 1. The number of halogens is 1. The van der Waals surface area contributed by atoms with Crippen LogP contribution in [0.4, 0.5) is 15.8 Å². The third-order valence-electron chi connectivity index (χ3n) is 5.89. The number of anilines is 1. The van der Waals surface area contributed by atoms with E-state index in [1.54, 1.807) is 50.5 Å². The molecule has 1 aliphatic heterocycles. The zero-order chi connectivity index (χ0) is 27.1. The second-order valence-electron chi connectivity index (χ2n) is 8.39. The van der Waals surface area contributed by atoms with E-state index in [0.717, 1.165) is 5.56 Å². The molecule has 1 atom stereocenters. The Hall–Kier alpha value is -4.05. The fourth-order valence-corrected chi connectivity index (χ4v) is 5.07. The lowest BCUT2D eigenvalue weighted by atomic mass is 10.1. The molecule has 4 rings (SSSR count). The molecule has 1 fully saturated rings. The highest BCUT2D eigenvalue weighted by Crippen LogP contribution is 2.33. The highest BCUT2D eigenvalue weighted by molar-refractivity contribution is 8.15. The normalized spacial score (nSPS) is 16.0. The van der Waals surface area contributed by atoms with Crippen LogP contribution in [0, 0.1) is 5.82 Å². The lowest BCUT2D eigenvalue weighted by Gasteiger charge is -2.17. The van der Waals surface area contributed by atoms with Crippen LogP contribution >= 0.6 is 11.8 Å². The van der Waals surface area contributed by atoms with E-state index in [1.165, 1.54) is 36.0 Å². The van der Waals surface area contributed by atoms with Gasteiger partial charge < -0.3 is 19.5 Å². The van der Waals surface area contributed by atoms with E-state index in [1.807, 2.05) is 18.2 Å². The molecule has 1 aliphatic rings. The van der Waals surface area contributed by atoms with Gasteiger partial charge in [-0.2, -0.15) is 0 Å². The van der Waals surface area contributed by atoms with Crippen molar-refractivity contribution < 1.29 is 28.2 Å². The topological polar surface area (TPSA) is 89.5 Å². The molecule has 0 spiro atoms. The van der Waals surface area contributed by atoms with Gasteiger partial charge in [0, 0.05) is 18.7 Å². The van der Waals surface area contributed by atoms with Crippen molar-refractivity contribution in [3.8, 4) is 17.2 Å². The number of carbonyl (C=O) groups is 2. The number of methoxy groups -OCH3 is 3. The first-order valence-corrected chi connectivity index (χ1v) is 12.7. The predicted octanol–water partition coefficient (Wildman–Crippen LogP) is 5.05. The zero-order valence-electron chi connectivity index (χ0n) is 21.3. The molecule has 0 aromatic heterocycles. The molecule has 1 heterocycles. The molecule has 0 bridgehead atoms. The van der Waals surface area contributed by atoms with E-state index >= 15 is 0 Å². The van der Waals surface area contributed by atoms with Gasteiger partial charge in [0.05, 0.1) is 27.0 Å². The predicted molar refractivity (Wildman–Crippen MR) is 146 cm³/mol. The SMILES string of the molecule is COc1ccc(N=C2SC(CC(=O)Nc3ccc(F)cc3)C(=O)N2CCc2ccc(OC)c(OC)c2)cc1. The molecule has 1 N–H and O–H groups in total. The molecule has 3 aromatic rings. The molecule has 1 unspecified atom stereocenters. The Kier molecular flexibility index (Phi) is 8.85. The fraction of sp³-hybridized carbons (Fsp3) is 0.250. The van der Waals surface area contributed by atoms with Gasteiger partial charge in [0.25, 0.3) is 0 Å². The number of nitrogens with one attached hydrogen (secondary N) is 1. The van der Waals surface area contributed by atoms with E-state index in [9.17, 15) is 14.0 Å². The second-order valence-corrected chi connectivity index (χ2v) is 9.56. The van der Waals surface area contributed by atoms with Crippen LogP contribution in [0.1, 0.15) is 12.0 Å². The Morgan fingerprint density at radius 3 is 2.34 bits per heavy atom. The fourth-order valence-electron chi connectivity index (χ4n) is 3.89. The van der Waals surface area contributed by atoms with Crippen LogP contribution in [-0.2, 0) is 16.0 Å². The number of nitrogens with zero attached hydrogens (tertiary/aromatic N) is 2. The first kappa shape index (κ1) is 27.0. The molecule has 1 saturated heterocycles. The minimum Gasteiger partial charge on any atom is -0.497 e. The Morgan fingerprint density at radius 1 is 0.974 bits per heavy atom. The molecule has 2 amide bonds. The van der Waals surface area contributed by atoms with E-state index in [0.29, 0.717) is 46.8 Å². The summed E-state index contributed by atoms with van der Waals surface area (Å²) in [6.07, 6.45) is 0.498. The number of amidine groups is 1. The largest absolute Gasteiger partial charge is 0.497 e. The van der Waals surface area contributed by atoms with Crippen molar-refractivity contribution in [2.75, 3.05) is 33.2 Å². The number of benzene rings is 3. The quantitative estimate of drug-likeness (QED) is 0.389. The standard InChI is InChI=1S/C28H28FN3O5S/c1-35-22-11-9-21(10-12-22)31-28-32(15-14-18-4-13-23(36-2)24(16-18)37-3)27(34)25(38-28)17-26(33)30-20-7-5-19(29)6-8-20/h4-13,16,25H,14-15,17H2,1-3H3,(H,30,33). The van der Waals surface area contributed by atoms with E-state index in [-0.39, 0.29) is 18.2 Å². The van der Waals surface area contributed by atoms with Gasteiger partial charge in [-0.15, -0.1) is 0 Å². The second kappa shape index (κ2) is 12.5. The first-order valence-electron chi connectivity index (χ1n) is 11.9. The molecule has 198 valence electrons. The number of aliphatic imine (C=N–C) groups is 1. The highest BCUT2D eigenvalue weighted by atomic mass is 32.2. The van der Waals surface area contributed by atoms with Crippen LogP contribution in [0.3, 0.4) is 0 Å². The molecule has 0 saturated carbocycles. The molecule has 0 radical (unpaired) electrons. The summed E-state index contributed by atoms with van der Waals surface area (Å²) in [5.41, 5.74) is 2.08.